The standard InChI is InChI=1S/C22H34N4O4S/c1-30-22(29)17-13-16(10-9-15(17)14-31(2)3)25-20(27)19-8-6-12-26(19)21(28)18(24)7-4-5-11-23/h9-10,13,18-19H,4-8,11-12,14,23-24H2,1-3H3/p+1/t18-,19-/m0/s1. The Bertz CT molecular complexity index is 787. The van der Waals surface area contributed by atoms with Crippen molar-refractivity contribution in [2.24, 2.45) is 11.5 Å². The minimum absolute atomic E-state index is 0.109. The summed E-state index contributed by atoms with van der Waals surface area (Å²) >= 11 is 0. The Labute approximate surface area is 187 Å². The summed E-state index contributed by atoms with van der Waals surface area (Å²) in [4.78, 5) is 39.5. The molecule has 0 saturated carbocycles. The van der Waals surface area contributed by atoms with Gasteiger partial charge in [0.15, 0.2) is 0 Å². The number of hydrogen-bond donors (Lipinski definition) is 3. The molecule has 2 rings (SSSR count). The molecule has 5 N–H and O–H groups in total. The van der Waals surface area contributed by atoms with Crippen molar-refractivity contribution in [3.63, 3.8) is 0 Å². The van der Waals surface area contributed by atoms with Crippen LogP contribution in [0.3, 0.4) is 0 Å². The monoisotopic (exact) mass is 451 g/mol. The zero-order valence-electron chi connectivity index (χ0n) is 18.7. The van der Waals surface area contributed by atoms with Gasteiger partial charge in [0.05, 0.1) is 31.2 Å². The lowest BCUT2D eigenvalue weighted by Crippen LogP contribution is -2.49. The predicted molar refractivity (Wildman–Crippen MR) is 125 cm³/mol. The van der Waals surface area contributed by atoms with Gasteiger partial charge in [-0.05, 0) is 55.3 Å². The number of ether oxygens (including phenoxy) is 1. The molecule has 8 nitrogen and oxygen atoms in total. The second-order valence-electron chi connectivity index (χ2n) is 8.06. The Kier molecular flexibility index (Phi) is 9.80. The van der Waals surface area contributed by atoms with Gasteiger partial charge in [0.25, 0.3) is 0 Å². The maximum atomic E-state index is 12.9. The molecule has 1 aromatic rings. The van der Waals surface area contributed by atoms with Crippen LogP contribution in [0, 0.1) is 0 Å². The van der Waals surface area contributed by atoms with Crippen LogP contribution >= 0.6 is 0 Å². The van der Waals surface area contributed by atoms with E-state index in [-0.39, 0.29) is 22.7 Å². The Morgan fingerprint density at radius 2 is 2.03 bits per heavy atom. The fourth-order valence-corrected chi connectivity index (χ4v) is 4.64. The SMILES string of the molecule is COC(=O)c1cc(NC(=O)[C@@H]2CCCN2C(=O)[C@@H](N)CCCCN)ccc1C[S+](C)C. The number of nitrogens with zero attached hydrogens (tertiary/aromatic N) is 1. The van der Waals surface area contributed by atoms with Crippen molar-refractivity contribution < 1.29 is 19.1 Å². The minimum Gasteiger partial charge on any atom is -0.465 e. The fraction of sp³-hybridized carbons (Fsp3) is 0.591. The van der Waals surface area contributed by atoms with Gasteiger partial charge < -0.3 is 26.4 Å². The van der Waals surface area contributed by atoms with Crippen molar-refractivity contribution in [2.45, 2.75) is 49.9 Å². The van der Waals surface area contributed by atoms with Gasteiger partial charge in [-0.2, -0.15) is 0 Å². The molecule has 31 heavy (non-hydrogen) atoms. The number of nitrogens with one attached hydrogen (secondary N) is 1. The Morgan fingerprint density at radius 3 is 2.68 bits per heavy atom. The summed E-state index contributed by atoms with van der Waals surface area (Å²) in [6.45, 7) is 1.09. The largest absolute Gasteiger partial charge is 0.465 e. The molecule has 2 amide bonds. The zero-order chi connectivity index (χ0) is 23.0. The van der Waals surface area contributed by atoms with E-state index in [9.17, 15) is 14.4 Å². The molecule has 0 unspecified atom stereocenters. The topological polar surface area (TPSA) is 128 Å². The molecule has 0 bridgehead atoms. The van der Waals surface area contributed by atoms with Crippen LogP contribution < -0.4 is 16.8 Å². The number of hydrogen-bond acceptors (Lipinski definition) is 6. The number of benzene rings is 1. The van der Waals surface area contributed by atoms with E-state index in [1.807, 2.05) is 6.07 Å². The number of amides is 2. The van der Waals surface area contributed by atoms with E-state index in [0.29, 0.717) is 37.2 Å². The molecule has 1 aliphatic rings. The molecule has 1 saturated heterocycles. The maximum absolute atomic E-state index is 12.9. The molecule has 1 heterocycles. The van der Waals surface area contributed by atoms with Gasteiger partial charge in [-0.15, -0.1) is 0 Å². The number of carbonyl (C=O) groups excluding carboxylic acids is 3. The fourth-order valence-electron chi connectivity index (χ4n) is 3.76. The normalized spacial score (nSPS) is 17.0. The van der Waals surface area contributed by atoms with Crippen LogP contribution in [0.1, 0.15) is 48.0 Å². The lowest BCUT2D eigenvalue weighted by atomic mass is 10.1. The first-order valence-electron chi connectivity index (χ1n) is 10.6. The highest BCUT2D eigenvalue weighted by Gasteiger charge is 2.36. The number of methoxy groups -OCH3 is 1. The third kappa shape index (κ3) is 6.95. The molecule has 1 fully saturated rings. The van der Waals surface area contributed by atoms with Crippen molar-refractivity contribution in [1.82, 2.24) is 4.90 Å². The van der Waals surface area contributed by atoms with Crippen molar-refractivity contribution in [3.8, 4) is 0 Å². The molecule has 0 radical (unpaired) electrons. The van der Waals surface area contributed by atoms with E-state index in [2.05, 4.69) is 17.8 Å². The van der Waals surface area contributed by atoms with Gasteiger partial charge in [-0.3, -0.25) is 9.59 Å². The van der Waals surface area contributed by atoms with Crippen molar-refractivity contribution in [2.75, 3.05) is 38.0 Å². The summed E-state index contributed by atoms with van der Waals surface area (Å²) < 4.78 is 4.91. The van der Waals surface area contributed by atoms with Gasteiger partial charge in [-0.25, -0.2) is 4.79 Å². The van der Waals surface area contributed by atoms with Crippen molar-refractivity contribution in [3.05, 3.63) is 29.3 Å². The molecular formula is C22H35N4O4S+. The van der Waals surface area contributed by atoms with Gasteiger partial charge >= 0.3 is 5.97 Å². The van der Waals surface area contributed by atoms with Crippen LogP contribution in [0.15, 0.2) is 18.2 Å². The number of nitrogens with two attached hydrogens (primary N) is 2. The Morgan fingerprint density at radius 1 is 1.29 bits per heavy atom. The third-order valence-electron chi connectivity index (χ3n) is 5.35. The van der Waals surface area contributed by atoms with Gasteiger partial charge in [-0.1, -0.05) is 12.5 Å². The molecule has 9 heteroatoms. The molecule has 0 aromatic heterocycles. The second-order valence-corrected chi connectivity index (χ2v) is 10.3. The van der Waals surface area contributed by atoms with E-state index in [1.165, 1.54) is 7.11 Å². The molecule has 0 spiro atoms. The number of esters is 1. The van der Waals surface area contributed by atoms with Crippen LogP contribution in [0.5, 0.6) is 0 Å². The highest BCUT2D eigenvalue weighted by Crippen LogP contribution is 2.23. The highest BCUT2D eigenvalue weighted by atomic mass is 32.2. The smallest absolute Gasteiger partial charge is 0.338 e. The maximum Gasteiger partial charge on any atom is 0.338 e. The van der Waals surface area contributed by atoms with Gasteiger partial charge in [0, 0.05) is 17.8 Å². The lowest BCUT2D eigenvalue weighted by molar-refractivity contribution is -0.137. The quantitative estimate of drug-likeness (QED) is 0.279. The number of anilines is 1. The zero-order valence-corrected chi connectivity index (χ0v) is 19.5. The van der Waals surface area contributed by atoms with Crippen molar-refractivity contribution in [1.29, 1.82) is 0 Å². The molecule has 2 atom stereocenters. The van der Waals surface area contributed by atoms with Crippen LogP contribution in [-0.4, -0.2) is 67.5 Å². The van der Waals surface area contributed by atoms with E-state index >= 15 is 0 Å². The molecular weight excluding hydrogens is 416 g/mol. The van der Waals surface area contributed by atoms with Crippen LogP contribution in [0.25, 0.3) is 0 Å². The van der Waals surface area contributed by atoms with Crippen molar-refractivity contribution >= 4 is 34.4 Å². The first-order chi connectivity index (χ1) is 14.8. The second kappa shape index (κ2) is 12.1. The molecule has 1 aromatic carbocycles. The highest BCUT2D eigenvalue weighted by molar-refractivity contribution is 7.94. The Balaban J connectivity index is 2.10. The first-order valence-corrected chi connectivity index (χ1v) is 12.8. The average molecular weight is 452 g/mol. The van der Waals surface area contributed by atoms with Crippen LogP contribution in [-0.2, 0) is 31.0 Å². The Hall–Kier alpha value is -2.10. The number of rotatable bonds is 10. The number of unbranched alkanes of at least 4 members (excludes halogenated alkanes) is 1. The van der Waals surface area contributed by atoms with E-state index in [0.717, 1.165) is 30.6 Å². The predicted octanol–water partition coefficient (Wildman–Crippen LogP) is 1.24. The summed E-state index contributed by atoms with van der Waals surface area (Å²) in [5.74, 6) is -0.142. The third-order valence-corrected chi connectivity index (χ3v) is 6.24. The van der Waals surface area contributed by atoms with Gasteiger partial charge in [0.1, 0.15) is 11.8 Å². The average Bonchev–Trinajstić information content (AvgIpc) is 3.23. The molecule has 1 aliphatic heterocycles. The van der Waals surface area contributed by atoms with Crippen LogP contribution in [0.4, 0.5) is 5.69 Å². The summed E-state index contributed by atoms with van der Waals surface area (Å²) in [6, 6.07) is 4.09. The van der Waals surface area contributed by atoms with E-state index in [4.69, 9.17) is 16.2 Å². The van der Waals surface area contributed by atoms with Crippen LogP contribution in [0.2, 0.25) is 0 Å². The molecule has 0 aliphatic carbocycles. The summed E-state index contributed by atoms with van der Waals surface area (Å²) in [7, 11) is 1.45. The minimum atomic E-state index is -0.623. The first kappa shape index (κ1) is 25.2. The van der Waals surface area contributed by atoms with Gasteiger partial charge in [0.2, 0.25) is 11.8 Å². The number of carbonyl (C=O) groups is 3. The number of likely N-dealkylation sites (tertiary alicyclic amines) is 1. The van der Waals surface area contributed by atoms with E-state index in [1.54, 1.807) is 17.0 Å². The molecule has 172 valence electrons. The summed E-state index contributed by atoms with van der Waals surface area (Å²) in [5.41, 5.74) is 13.4. The summed E-state index contributed by atoms with van der Waals surface area (Å²) in [6.07, 6.45) is 7.70. The summed E-state index contributed by atoms with van der Waals surface area (Å²) in [5, 5.41) is 2.86. The lowest BCUT2D eigenvalue weighted by Gasteiger charge is -2.26. The van der Waals surface area contributed by atoms with E-state index < -0.39 is 18.1 Å².